The van der Waals surface area contributed by atoms with E-state index in [0.29, 0.717) is 29.6 Å². The van der Waals surface area contributed by atoms with E-state index in [4.69, 9.17) is 10.5 Å². The maximum Gasteiger partial charge on any atom is 0.373 e. The van der Waals surface area contributed by atoms with Gasteiger partial charge < -0.3 is 21.1 Å². The van der Waals surface area contributed by atoms with Gasteiger partial charge in [0.2, 0.25) is 0 Å². The number of nitro benzene ring substituents is 1. The van der Waals surface area contributed by atoms with Crippen LogP contribution in [0.3, 0.4) is 0 Å². The number of hydrogen-bond acceptors (Lipinski definition) is 10. The Hall–Kier alpha value is -3.86. The van der Waals surface area contributed by atoms with Crippen LogP contribution in [0.5, 0.6) is 0 Å². The van der Waals surface area contributed by atoms with Crippen LogP contribution < -0.4 is 16.4 Å². The molecular weight excluding hydrogens is 528 g/mol. The molecule has 2 saturated carbocycles. The lowest BCUT2D eigenvalue weighted by Crippen LogP contribution is -2.22. The number of benzene rings is 2. The number of nitrogens with two attached hydrogens (primary N) is 1. The molecule has 0 unspecified atom stereocenters. The van der Waals surface area contributed by atoms with E-state index < -0.39 is 10.9 Å². The SMILES string of the molecule is CCOC(=O)c1ccc(NC2CCCCC2)c(N)c1.CCOOC(=O)c1ccc(NC2CCCCC2)c([N+](=O)[O-])c1. The summed E-state index contributed by atoms with van der Waals surface area (Å²) in [7, 11) is 0. The molecule has 0 aromatic heterocycles. The molecule has 2 aromatic rings. The zero-order valence-electron chi connectivity index (χ0n) is 24.0. The quantitative estimate of drug-likeness (QED) is 0.0930. The molecular formula is C30H42N4O7. The van der Waals surface area contributed by atoms with Crippen LogP contribution in [0.15, 0.2) is 36.4 Å². The number of nitrogens with zero attached hydrogens (tertiary/aromatic N) is 1. The predicted molar refractivity (Wildman–Crippen MR) is 158 cm³/mol. The summed E-state index contributed by atoms with van der Waals surface area (Å²) in [5, 5.41) is 17.9. The molecule has 11 heteroatoms. The van der Waals surface area contributed by atoms with Gasteiger partial charge in [-0.25, -0.2) is 9.59 Å². The summed E-state index contributed by atoms with van der Waals surface area (Å²) in [5.74, 6) is -1.06. The van der Waals surface area contributed by atoms with E-state index in [9.17, 15) is 19.7 Å². The van der Waals surface area contributed by atoms with Crippen molar-refractivity contribution in [2.45, 2.75) is 90.1 Å². The van der Waals surface area contributed by atoms with Crippen molar-refractivity contribution in [1.82, 2.24) is 0 Å². The number of rotatable bonds is 10. The Balaban J connectivity index is 0.000000228. The van der Waals surface area contributed by atoms with Crippen molar-refractivity contribution >= 4 is 34.7 Å². The van der Waals surface area contributed by atoms with Crippen molar-refractivity contribution < 1.29 is 29.0 Å². The smallest absolute Gasteiger partial charge is 0.373 e. The van der Waals surface area contributed by atoms with Crippen molar-refractivity contribution in [1.29, 1.82) is 0 Å². The highest BCUT2D eigenvalue weighted by atomic mass is 17.2. The van der Waals surface area contributed by atoms with Crippen LogP contribution >= 0.6 is 0 Å². The van der Waals surface area contributed by atoms with Crippen LogP contribution in [-0.4, -0.2) is 42.2 Å². The van der Waals surface area contributed by atoms with Crippen LogP contribution in [0.25, 0.3) is 0 Å². The first kappa shape index (κ1) is 31.7. The molecule has 2 fully saturated rings. The first-order valence-corrected chi connectivity index (χ1v) is 14.5. The Kier molecular flexibility index (Phi) is 12.7. The second kappa shape index (κ2) is 16.4. The van der Waals surface area contributed by atoms with Crippen LogP contribution in [0.4, 0.5) is 22.7 Å². The summed E-state index contributed by atoms with van der Waals surface area (Å²) in [6, 6.07) is 10.3. The Bertz CT molecular complexity index is 1160. The minimum absolute atomic E-state index is 0.0920. The maximum atomic E-state index is 11.7. The fraction of sp³-hybridized carbons (Fsp3) is 0.533. The number of esters is 1. The molecule has 0 heterocycles. The number of ether oxygens (including phenoxy) is 1. The number of anilines is 3. The van der Waals surface area contributed by atoms with E-state index in [-0.39, 0.29) is 29.9 Å². The number of carbonyl (C=O) groups excluding carboxylic acids is 2. The summed E-state index contributed by atoms with van der Waals surface area (Å²) in [6.07, 6.45) is 11.7. The summed E-state index contributed by atoms with van der Waals surface area (Å²) < 4.78 is 4.96. The topological polar surface area (TPSA) is 155 Å². The van der Waals surface area contributed by atoms with Gasteiger partial charge in [0.25, 0.3) is 5.69 Å². The lowest BCUT2D eigenvalue weighted by Gasteiger charge is -2.24. The zero-order valence-corrected chi connectivity index (χ0v) is 24.0. The second-order valence-corrected chi connectivity index (χ2v) is 10.2. The molecule has 0 amide bonds. The van der Waals surface area contributed by atoms with Crippen molar-refractivity contribution in [3.05, 3.63) is 57.6 Å². The molecule has 0 spiro atoms. The average molecular weight is 571 g/mol. The summed E-state index contributed by atoms with van der Waals surface area (Å²) in [4.78, 5) is 43.1. The maximum absolute atomic E-state index is 11.7. The third-order valence-corrected chi connectivity index (χ3v) is 7.17. The van der Waals surface area contributed by atoms with Crippen molar-refractivity contribution in [2.24, 2.45) is 0 Å². The molecule has 11 nitrogen and oxygen atoms in total. The van der Waals surface area contributed by atoms with E-state index in [1.54, 1.807) is 32.0 Å². The van der Waals surface area contributed by atoms with E-state index in [2.05, 4.69) is 20.4 Å². The summed E-state index contributed by atoms with van der Waals surface area (Å²) in [6.45, 7) is 4.06. The average Bonchev–Trinajstić information content (AvgIpc) is 2.98. The Morgan fingerprint density at radius 3 is 1.88 bits per heavy atom. The molecule has 4 N–H and O–H groups in total. The lowest BCUT2D eigenvalue weighted by molar-refractivity contribution is -0.384. The highest BCUT2D eigenvalue weighted by molar-refractivity contribution is 5.92. The van der Waals surface area contributed by atoms with Gasteiger partial charge in [0.1, 0.15) is 5.69 Å². The largest absolute Gasteiger partial charge is 0.462 e. The molecule has 224 valence electrons. The van der Waals surface area contributed by atoms with Crippen LogP contribution in [0.1, 0.15) is 98.8 Å². The van der Waals surface area contributed by atoms with E-state index in [1.807, 2.05) is 6.07 Å². The normalized spacial score (nSPS) is 15.7. The summed E-state index contributed by atoms with van der Waals surface area (Å²) in [5.41, 5.74) is 8.43. The lowest BCUT2D eigenvalue weighted by atomic mass is 9.95. The number of hydrogen-bond donors (Lipinski definition) is 3. The van der Waals surface area contributed by atoms with E-state index >= 15 is 0 Å². The highest BCUT2D eigenvalue weighted by Gasteiger charge is 2.22. The molecule has 0 aliphatic heterocycles. The minimum Gasteiger partial charge on any atom is -0.462 e. The van der Waals surface area contributed by atoms with Crippen molar-refractivity contribution in [2.75, 3.05) is 29.6 Å². The van der Waals surface area contributed by atoms with Gasteiger partial charge in [0.05, 0.1) is 40.6 Å². The molecule has 0 bridgehead atoms. The molecule has 0 radical (unpaired) electrons. The van der Waals surface area contributed by atoms with Crippen molar-refractivity contribution in [3.8, 4) is 0 Å². The van der Waals surface area contributed by atoms with Gasteiger partial charge in [-0.3, -0.25) is 15.0 Å². The first-order chi connectivity index (χ1) is 19.8. The fourth-order valence-corrected chi connectivity index (χ4v) is 5.06. The molecule has 2 aliphatic rings. The van der Waals surface area contributed by atoms with Gasteiger partial charge in [-0.2, -0.15) is 4.89 Å². The van der Waals surface area contributed by atoms with Gasteiger partial charge in [-0.1, -0.05) is 38.5 Å². The third-order valence-electron chi connectivity index (χ3n) is 7.17. The zero-order chi connectivity index (χ0) is 29.6. The van der Waals surface area contributed by atoms with E-state index in [0.717, 1.165) is 31.4 Å². The first-order valence-electron chi connectivity index (χ1n) is 14.5. The number of nitrogen functional groups attached to an aromatic ring is 1. The molecule has 4 rings (SSSR count). The van der Waals surface area contributed by atoms with Gasteiger partial charge >= 0.3 is 11.9 Å². The molecule has 2 aliphatic carbocycles. The van der Waals surface area contributed by atoms with Gasteiger partial charge in [0.15, 0.2) is 0 Å². The van der Waals surface area contributed by atoms with Crippen LogP contribution in [0.2, 0.25) is 0 Å². The molecule has 0 atom stereocenters. The molecule has 0 saturated heterocycles. The Morgan fingerprint density at radius 1 is 0.829 bits per heavy atom. The predicted octanol–water partition coefficient (Wildman–Crippen LogP) is 6.64. The van der Waals surface area contributed by atoms with Crippen LogP contribution in [0, 0.1) is 10.1 Å². The second-order valence-electron chi connectivity index (χ2n) is 10.2. The standard InChI is InChI=1S/C15H20N2O5.C15H22N2O2/c1-2-21-22-15(18)11-8-9-13(14(10-11)17(19)20)16-12-6-4-3-5-7-12;1-2-19-15(18)11-8-9-14(13(16)10-11)17-12-6-4-3-5-7-12/h8-10,12,16H,2-7H2,1H3;8-10,12,17H,2-7,16H2,1H3. The van der Waals surface area contributed by atoms with Gasteiger partial charge in [-0.15, -0.1) is 0 Å². The van der Waals surface area contributed by atoms with Crippen LogP contribution in [-0.2, 0) is 14.5 Å². The van der Waals surface area contributed by atoms with E-state index in [1.165, 1.54) is 50.7 Å². The number of nitro groups is 1. The van der Waals surface area contributed by atoms with Crippen molar-refractivity contribution in [3.63, 3.8) is 0 Å². The number of nitrogens with one attached hydrogen (secondary N) is 2. The van der Waals surface area contributed by atoms with Gasteiger partial charge in [-0.05, 0) is 69.9 Å². The third kappa shape index (κ3) is 9.93. The van der Waals surface area contributed by atoms with Gasteiger partial charge in [0, 0.05) is 18.2 Å². The summed E-state index contributed by atoms with van der Waals surface area (Å²) >= 11 is 0. The fourth-order valence-electron chi connectivity index (χ4n) is 5.06. The minimum atomic E-state index is -0.742. The molecule has 2 aromatic carbocycles. The number of carbonyl (C=O) groups is 2. The molecule has 41 heavy (non-hydrogen) atoms. The highest BCUT2D eigenvalue weighted by Crippen LogP contribution is 2.30. The monoisotopic (exact) mass is 570 g/mol. The Labute approximate surface area is 241 Å². The Morgan fingerprint density at radius 2 is 1.37 bits per heavy atom.